The maximum Gasteiger partial charge on any atom is 0.220 e. The molecular formula is C27H37NO3. The largest absolute Gasteiger partial charge is 0.508 e. The molecule has 2 unspecified atom stereocenters. The standard InChI is InChI=1S/C27H37NO3/c1-16-12-18(9-10-23(16)29)19-15-22(19)28-24(30)11-8-17-13-20(26(2,3)4)25(31)21(14-17)27(5,6)7/h9-10,12-14,19,22,29,31H,8,11,15H2,1-7H3,(H,28,30). The molecule has 0 spiro atoms. The molecule has 4 heteroatoms. The van der Waals surface area contributed by atoms with Gasteiger partial charge in [-0.2, -0.15) is 0 Å². The van der Waals surface area contributed by atoms with Gasteiger partial charge in [0.15, 0.2) is 0 Å². The van der Waals surface area contributed by atoms with E-state index < -0.39 is 0 Å². The third-order valence-electron chi connectivity index (χ3n) is 6.21. The first-order valence-corrected chi connectivity index (χ1v) is 11.2. The summed E-state index contributed by atoms with van der Waals surface area (Å²) in [4.78, 5) is 12.6. The fourth-order valence-corrected chi connectivity index (χ4v) is 4.15. The van der Waals surface area contributed by atoms with Crippen LogP contribution in [-0.4, -0.2) is 22.2 Å². The van der Waals surface area contributed by atoms with Gasteiger partial charge in [-0.25, -0.2) is 0 Å². The predicted molar refractivity (Wildman–Crippen MR) is 126 cm³/mol. The summed E-state index contributed by atoms with van der Waals surface area (Å²) in [5.74, 6) is 1.07. The number of hydrogen-bond donors (Lipinski definition) is 3. The van der Waals surface area contributed by atoms with Gasteiger partial charge in [-0.1, -0.05) is 65.8 Å². The third kappa shape index (κ3) is 5.41. The van der Waals surface area contributed by atoms with Gasteiger partial charge in [0.05, 0.1) is 0 Å². The number of phenols is 2. The maximum atomic E-state index is 12.6. The van der Waals surface area contributed by atoms with E-state index in [9.17, 15) is 15.0 Å². The van der Waals surface area contributed by atoms with Crippen LogP contribution in [-0.2, 0) is 22.0 Å². The molecule has 1 aliphatic rings. The number of nitrogens with one attached hydrogen (secondary N) is 1. The van der Waals surface area contributed by atoms with Crippen LogP contribution < -0.4 is 5.32 Å². The van der Waals surface area contributed by atoms with Crippen molar-refractivity contribution >= 4 is 5.91 Å². The van der Waals surface area contributed by atoms with Crippen molar-refractivity contribution in [3.8, 4) is 11.5 Å². The van der Waals surface area contributed by atoms with E-state index in [1.54, 1.807) is 6.07 Å². The minimum atomic E-state index is -0.175. The third-order valence-corrected chi connectivity index (χ3v) is 6.21. The highest BCUT2D eigenvalue weighted by molar-refractivity contribution is 5.77. The summed E-state index contributed by atoms with van der Waals surface area (Å²) in [5.41, 5.74) is 4.64. The summed E-state index contributed by atoms with van der Waals surface area (Å²) in [5, 5.41) is 23.7. The van der Waals surface area contributed by atoms with E-state index >= 15 is 0 Å². The molecule has 0 heterocycles. The molecular weight excluding hydrogens is 386 g/mol. The Bertz CT molecular complexity index is 944. The minimum absolute atomic E-state index is 0.0608. The van der Waals surface area contributed by atoms with Crippen molar-refractivity contribution in [3.05, 3.63) is 58.1 Å². The van der Waals surface area contributed by atoms with Gasteiger partial charge in [-0.3, -0.25) is 4.79 Å². The van der Waals surface area contributed by atoms with Gasteiger partial charge in [0.25, 0.3) is 0 Å². The molecule has 1 amide bonds. The Balaban J connectivity index is 1.66. The van der Waals surface area contributed by atoms with Gasteiger partial charge in [-0.05, 0) is 64.5 Å². The summed E-state index contributed by atoms with van der Waals surface area (Å²) < 4.78 is 0. The normalized spacial score (nSPS) is 18.7. The Morgan fingerprint density at radius 3 is 2.10 bits per heavy atom. The molecule has 0 radical (unpaired) electrons. The van der Waals surface area contributed by atoms with Crippen molar-refractivity contribution in [2.45, 2.75) is 90.5 Å². The van der Waals surface area contributed by atoms with Gasteiger partial charge < -0.3 is 15.5 Å². The van der Waals surface area contributed by atoms with Crippen LogP contribution in [0.2, 0.25) is 0 Å². The van der Waals surface area contributed by atoms with Crippen LogP contribution >= 0.6 is 0 Å². The van der Waals surface area contributed by atoms with Crippen LogP contribution in [0.3, 0.4) is 0 Å². The number of benzene rings is 2. The van der Waals surface area contributed by atoms with E-state index in [2.05, 4.69) is 59.0 Å². The Labute approximate surface area is 186 Å². The van der Waals surface area contributed by atoms with E-state index in [4.69, 9.17) is 0 Å². The molecule has 31 heavy (non-hydrogen) atoms. The lowest BCUT2D eigenvalue weighted by Gasteiger charge is -2.28. The van der Waals surface area contributed by atoms with Gasteiger partial charge in [0.1, 0.15) is 11.5 Å². The summed E-state index contributed by atoms with van der Waals surface area (Å²) in [6.07, 6.45) is 2.02. The van der Waals surface area contributed by atoms with Crippen LogP contribution in [0.15, 0.2) is 30.3 Å². The Morgan fingerprint density at radius 1 is 1.00 bits per heavy atom. The second-order valence-corrected chi connectivity index (χ2v) is 11.1. The Hall–Kier alpha value is -2.49. The van der Waals surface area contributed by atoms with Crippen molar-refractivity contribution in [3.63, 3.8) is 0 Å². The summed E-state index contributed by atoms with van der Waals surface area (Å²) in [6, 6.07) is 9.95. The fraction of sp³-hybridized carbons (Fsp3) is 0.519. The second-order valence-electron chi connectivity index (χ2n) is 11.1. The van der Waals surface area contributed by atoms with E-state index in [0.717, 1.165) is 28.7 Å². The molecule has 168 valence electrons. The first kappa shape index (κ1) is 23.2. The van der Waals surface area contributed by atoms with Crippen molar-refractivity contribution in [1.29, 1.82) is 0 Å². The molecule has 0 aliphatic heterocycles. The summed E-state index contributed by atoms with van der Waals surface area (Å²) in [6.45, 7) is 14.5. The molecule has 0 bridgehead atoms. The zero-order chi connectivity index (χ0) is 23.1. The zero-order valence-electron chi connectivity index (χ0n) is 20.0. The average molecular weight is 424 g/mol. The first-order valence-electron chi connectivity index (χ1n) is 11.2. The Kier molecular flexibility index (Phi) is 6.14. The van der Waals surface area contributed by atoms with Gasteiger partial charge >= 0.3 is 0 Å². The quantitative estimate of drug-likeness (QED) is 0.586. The Morgan fingerprint density at radius 2 is 1.58 bits per heavy atom. The average Bonchev–Trinajstić information content (AvgIpc) is 3.40. The number of hydrogen-bond acceptors (Lipinski definition) is 3. The van der Waals surface area contributed by atoms with Crippen molar-refractivity contribution < 1.29 is 15.0 Å². The van der Waals surface area contributed by atoms with Crippen LogP contribution in [0.1, 0.15) is 88.1 Å². The molecule has 1 fully saturated rings. The minimum Gasteiger partial charge on any atom is -0.508 e. The maximum absolute atomic E-state index is 12.6. The fourth-order valence-electron chi connectivity index (χ4n) is 4.15. The molecule has 1 saturated carbocycles. The van der Waals surface area contributed by atoms with Gasteiger partial charge in [0.2, 0.25) is 5.91 Å². The van der Waals surface area contributed by atoms with Crippen LogP contribution in [0.25, 0.3) is 0 Å². The van der Waals surface area contributed by atoms with E-state index in [0.29, 0.717) is 30.3 Å². The smallest absolute Gasteiger partial charge is 0.220 e. The first-order chi connectivity index (χ1) is 14.3. The highest BCUT2D eigenvalue weighted by atomic mass is 16.3. The van der Waals surface area contributed by atoms with E-state index in [1.165, 1.54) is 5.56 Å². The molecule has 1 aliphatic carbocycles. The SMILES string of the molecule is Cc1cc(C2CC2NC(=O)CCc2cc(C(C)(C)C)c(O)c(C(C)(C)C)c2)ccc1O. The van der Waals surface area contributed by atoms with E-state index in [1.807, 2.05) is 19.1 Å². The van der Waals surface area contributed by atoms with Crippen molar-refractivity contribution in [2.24, 2.45) is 0 Å². The lowest BCUT2D eigenvalue weighted by molar-refractivity contribution is -0.121. The van der Waals surface area contributed by atoms with Crippen LogP contribution in [0.5, 0.6) is 11.5 Å². The molecule has 2 atom stereocenters. The van der Waals surface area contributed by atoms with Gasteiger partial charge in [-0.15, -0.1) is 0 Å². The molecule has 3 rings (SSSR count). The summed E-state index contributed by atoms with van der Waals surface area (Å²) >= 11 is 0. The monoisotopic (exact) mass is 423 g/mol. The van der Waals surface area contributed by atoms with Gasteiger partial charge in [0, 0.05) is 18.4 Å². The van der Waals surface area contributed by atoms with Crippen LogP contribution in [0, 0.1) is 6.92 Å². The molecule has 0 aromatic heterocycles. The number of amides is 1. The second kappa shape index (κ2) is 8.22. The number of phenolic OH excluding ortho intramolecular Hbond substituents is 2. The van der Waals surface area contributed by atoms with Crippen LogP contribution in [0.4, 0.5) is 0 Å². The number of rotatable bonds is 5. The predicted octanol–water partition coefficient (Wildman–Crippen LogP) is 5.61. The molecule has 3 N–H and O–H groups in total. The molecule has 2 aromatic carbocycles. The molecule has 4 nitrogen and oxygen atoms in total. The number of carbonyl (C=O) groups excluding carboxylic acids is 1. The van der Waals surface area contributed by atoms with Crippen molar-refractivity contribution in [2.75, 3.05) is 0 Å². The molecule has 0 saturated heterocycles. The zero-order valence-corrected chi connectivity index (χ0v) is 20.0. The number of aryl methyl sites for hydroxylation is 2. The number of aromatic hydroxyl groups is 2. The van der Waals surface area contributed by atoms with Crippen molar-refractivity contribution in [1.82, 2.24) is 5.32 Å². The topological polar surface area (TPSA) is 69.6 Å². The molecule has 2 aromatic rings. The highest BCUT2D eigenvalue weighted by Gasteiger charge is 2.39. The van der Waals surface area contributed by atoms with E-state index in [-0.39, 0.29) is 22.8 Å². The lowest BCUT2D eigenvalue weighted by Crippen LogP contribution is -2.27. The highest BCUT2D eigenvalue weighted by Crippen LogP contribution is 2.42. The lowest BCUT2D eigenvalue weighted by atomic mass is 9.78. The number of carbonyl (C=O) groups is 1. The summed E-state index contributed by atoms with van der Waals surface area (Å²) in [7, 11) is 0.